The molecule has 24 heavy (non-hydrogen) atoms. The Bertz CT molecular complexity index is 542. The zero-order valence-corrected chi connectivity index (χ0v) is 15.0. The lowest BCUT2D eigenvalue weighted by Gasteiger charge is -2.41. The van der Waals surface area contributed by atoms with Crippen LogP contribution in [0.2, 0.25) is 0 Å². The fourth-order valence-corrected chi connectivity index (χ4v) is 4.45. The lowest BCUT2D eigenvalue weighted by atomic mass is 9.84. The van der Waals surface area contributed by atoms with E-state index in [1.165, 1.54) is 11.3 Å². The van der Waals surface area contributed by atoms with Gasteiger partial charge in [0.15, 0.2) is 6.54 Å². The third-order valence-corrected chi connectivity index (χ3v) is 5.98. The zero-order valence-electron chi connectivity index (χ0n) is 15.0. The second-order valence-electron chi connectivity index (χ2n) is 7.75. The molecule has 2 N–H and O–H groups in total. The Morgan fingerprint density at radius 1 is 1.17 bits per heavy atom. The summed E-state index contributed by atoms with van der Waals surface area (Å²) in [5.74, 6) is 0.287. The van der Waals surface area contributed by atoms with E-state index in [9.17, 15) is 9.90 Å². The minimum atomic E-state index is -0.723. The van der Waals surface area contributed by atoms with E-state index in [2.05, 4.69) is 18.7 Å². The molecule has 2 fully saturated rings. The summed E-state index contributed by atoms with van der Waals surface area (Å²) in [7, 11) is 0. The van der Waals surface area contributed by atoms with Gasteiger partial charge in [-0.05, 0) is 38.7 Å². The summed E-state index contributed by atoms with van der Waals surface area (Å²) >= 11 is 0. The van der Waals surface area contributed by atoms with Gasteiger partial charge in [0.25, 0.3) is 5.91 Å². The first-order chi connectivity index (χ1) is 11.5. The first-order valence-corrected chi connectivity index (χ1v) is 9.42. The number of benzene rings is 1. The van der Waals surface area contributed by atoms with Crippen molar-refractivity contribution in [2.24, 2.45) is 0 Å². The van der Waals surface area contributed by atoms with Crippen molar-refractivity contribution in [1.29, 1.82) is 0 Å². The number of carbonyl (C=O) groups excluding carboxylic acids is 1. The molecule has 0 radical (unpaired) electrons. The molecule has 1 amide bonds. The van der Waals surface area contributed by atoms with Crippen LogP contribution < -0.4 is 4.90 Å². The highest BCUT2D eigenvalue weighted by atomic mass is 16.3. The van der Waals surface area contributed by atoms with Crippen molar-refractivity contribution in [2.75, 3.05) is 19.6 Å². The van der Waals surface area contributed by atoms with E-state index < -0.39 is 5.60 Å². The van der Waals surface area contributed by atoms with E-state index in [1.54, 1.807) is 0 Å². The van der Waals surface area contributed by atoms with Gasteiger partial charge in [-0.1, -0.05) is 30.3 Å². The van der Waals surface area contributed by atoms with Gasteiger partial charge in [0, 0.05) is 24.9 Å². The predicted octanol–water partition coefficient (Wildman–Crippen LogP) is 1.34. The van der Waals surface area contributed by atoms with Gasteiger partial charge in [0.1, 0.15) is 5.60 Å². The Labute approximate surface area is 145 Å². The maximum absolute atomic E-state index is 12.8. The molecule has 132 valence electrons. The van der Waals surface area contributed by atoms with Crippen LogP contribution in [0.1, 0.15) is 51.5 Å². The SMILES string of the molecule is C[C@@H]1CCC[C@H](C)N1C(=O)C[NH+]1CCC(O)(c2ccccc2)CC1. The van der Waals surface area contributed by atoms with Crippen molar-refractivity contribution in [2.45, 2.75) is 63.6 Å². The van der Waals surface area contributed by atoms with E-state index in [-0.39, 0.29) is 5.91 Å². The van der Waals surface area contributed by atoms with Gasteiger partial charge in [-0.2, -0.15) is 0 Å². The highest BCUT2D eigenvalue weighted by molar-refractivity contribution is 5.77. The summed E-state index contributed by atoms with van der Waals surface area (Å²) in [6.07, 6.45) is 4.93. The molecule has 0 bridgehead atoms. The highest BCUT2D eigenvalue weighted by Crippen LogP contribution is 2.29. The maximum atomic E-state index is 12.8. The van der Waals surface area contributed by atoms with Crippen molar-refractivity contribution < 1.29 is 14.8 Å². The number of hydrogen-bond acceptors (Lipinski definition) is 2. The van der Waals surface area contributed by atoms with Crippen LogP contribution in [-0.4, -0.2) is 47.6 Å². The second kappa shape index (κ2) is 7.24. The molecule has 1 aromatic rings. The third kappa shape index (κ3) is 3.65. The maximum Gasteiger partial charge on any atom is 0.278 e. The molecule has 2 atom stereocenters. The number of amides is 1. The standard InChI is InChI=1S/C20H30N2O2/c1-16-7-6-8-17(2)22(16)19(23)15-21-13-11-20(24,12-14-21)18-9-4-3-5-10-18/h3-5,9-10,16-17,24H,6-8,11-15H2,1-2H3/p+1/t16-,17+. The molecule has 0 unspecified atom stereocenters. The molecule has 4 heteroatoms. The monoisotopic (exact) mass is 331 g/mol. The lowest BCUT2D eigenvalue weighted by Crippen LogP contribution is -3.14. The molecular weight excluding hydrogens is 300 g/mol. The van der Waals surface area contributed by atoms with Crippen LogP contribution >= 0.6 is 0 Å². The summed E-state index contributed by atoms with van der Waals surface area (Å²) in [6.45, 7) is 6.63. The Balaban J connectivity index is 1.56. The Morgan fingerprint density at radius 2 is 1.75 bits per heavy atom. The minimum Gasteiger partial charge on any atom is -0.385 e. The lowest BCUT2D eigenvalue weighted by molar-refractivity contribution is -0.900. The van der Waals surface area contributed by atoms with Gasteiger partial charge < -0.3 is 14.9 Å². The molecule has 2 aliphatic heterocycles. The number of carbonyl (C=O) groups is 1. The second-order valence-corrected chi connectivity index (χ2v) is 7.75. The topological polar surface area (TPSA) is 45.0 Å². The average molecular weight is 331 g/mol. The molecule has 0 aliphatic carbocycles. The van der Waals surface area contributed by atoms with Crippen molar-refractivity contribution in [1.82, 2.24) is 4.90 Å². The molecule has 2 saturated heterocycles. The quantitative estimate of drug-likeness (QED) is 0.878. The first-order valence-electron chi connectivity index (χ1n) is 9.42. The summed E-state index contributed by atoms with van der Waals surface area (Å²) in [4.78, 5) is 16.2. The molecule has 2 aliphatic rings. The van der Waals surface area contributed by atoms with Crippen molar-refractivity contribution in [3.8, 4) is 0 Å². The fraction of sp³-hybridized carbons (Fsp3) is 0.650. The third-order valence-electron chi connectivity index (χ3n) is 5.98. The van der Waals surface area contributed by atoms with Gasteiger partial charge in [0.2, 0.25) is 0 Å². The van der Waals surface area contributed by atoms with Gasteiger partial charge in [-0.3, -0.25) is 4.79 Å². The fourth-order valence-electron chi connectivity index (χ4n) is 4.45. The molecule has 4 nitrogen and oxygen atoms in total. The van der Waals surface area contributed by atoms with Gasteiger partial charge in [-0.15, -0.1) is 0 Å². The number of aliphatic hydroxyl groups is 1. The normalized spacial score (nSPS) is 34.1. The number of nitrogens with zero attached hydrogens (tertiary/aromatic N) is 1. The van der Waals surface area contributed by atoms with Crippen LogP contribution in [0.25, 0.3) is 0 Å². The predicted molar refractivity (Wildman–Crippen MR) is 94.8 cm³/mol. The van der Waals surface area contributed by atoms with E-state index in [0.717, 1.165) is 44.3 Å². The molecule has 3 rings (SSSR count). The number of hydrogen-bond donors (Lipinski definition) is 2. The molecule has 2 heterocycles. The molecule has 1 aromatic carbocycles. The summed E-state index contributed by atoms with van der Waals surface area (Å²) < 4.78 is 0. The number of nitrogens with one attached hydrogen (secondary N) is 1. The average Bonchev–Trinajstić information content (AvgIpc) is 2.58. The highest BCUT2D eigenvalue weighted by Gasteiger charge is 2.38. The largest absolute Gasteiger partial charge is 0.385 e. The summed E-state index contributed by atoms with van der Waals surface area (Å²) in [6, 6.07) is 10.7. The van der Waals surface area contributed by atoms with Crippen molar-refractivity contribution >= 4 is 5.91 Å². The van der Waals surface area contributed by atoms with Crippen LogP contribution in [-0.2, 0) is 10.4 Å². The molecule has 0 spiro atoms. The summed E-state index contributed by atoms with van der Waals surface area (Å²) in [5.41, 5.74) is 0.285. The number of piperidine rings is 2. The summed E-state index contributed by atoms with van der Waals surface area (Å²) in [5, 5.41) is 10.9. The van der Waals surface area contributed by atoms with E-state index >= 15 is 0 Å². The number of quaternary nitrogens is 1. The molecular formula is C20H31N2O2+. The van der Waals surface area contributed by atoms with E-state index in [4.69, 9.17) is 0 Å². The molecule has 0 saturated carbocycles. The van der Waals surface area contributed by atoms with Crippen LogP contribution in [0.3, 0.4) is 0 Å². The zero-order chi connectivity index (χ0) is 17.2. The van der Waals surface area contributed by atoms with Crippen LogP contribution in [0.5, 0.6) is 0 Å². The van der Waals surface area contributed by atoms with Crippen LogP contribution in [0.4, 0.5) is 0 Å². The van der Waals surface area contributed by atoms with E-state index in [1.807, 2.05) is 30.3 Å². The first kappa shape index (κ1) is 17.4. The van der Waals surface area contributed by atoms with Crippen molar-refractivity contribution in [3.63, 3.8) is 0 Å². The Hall–Kier alpha value is -1.39. The smallest absolute Gasteiger partial charge is 0.278 e. The van der Waals surface area contributed by atoms with Gasteiger partial charge in [-0.25, -0.2) is 0 Å². The van der Waals surface area contributed by atoms with Crippen molar-refractivity contribution in [3.05, 3.63) is 35.9 Å². The Morgan fingerprint density at radius 3 is 2.33 bits per heavy atom. The Kier molecular flexibility index (Phi) is 5.26. The molecule has 0 aromatic heterocycles. The minimum absolute atomic E-state index is 0.287. The van der Waals surface area contributed by atoms with E-state index in [0.29, 0.717) is 18.6 Å². The number of rotatable bonds is 3. The van der Waals surface area contributed by atoms with Gasteiger partial charge in [0.05, 0.1) is 13.1 Å². The van der Waals surface area contributed by atoms with Crippen LogP contribution in [0.15, 0.2) is 30.3 Å². The van der Waals surface area contributed by atoms with Gasteiger partial charge >= 0.3 is 0 Å². The number of likely N-dealkylation sites (tertiary alicyclic amines) is 2. The van der Waals surface area contributed by atoms with Crippen LogP contribution in [0, 0.1) is 0 Å².